The second-order valence-corrected chi connectivity index (χ2v) is 6.31. The zero-order valence-electron chi connectivity index (χ0n) is 8.73. The van der Waals surface area contributed by atoms with Crippen molar-refractivity contribution >= 4 is 31.0 Å². The first-order valence-electron chi connectivity index (χ1n) is 4.59. The van der Waals surface area contributed by atoms with Gasteiger partial charge in [0.25, 0.3) is 20.2 Å². The van der Waals surface area contributed by atoms with Crippen molar-refractivity contribution in [1.82, 2.24) is 0 Å². The summed E-state index contributed by atoms with van der Waals surface area (Å²) in [7, 11) is -8.95. The Hall–Kier alpha value is -1.48. The summed E-state index contributed by atoms with van der Waals surface area (Å²) in [6.45, 7) is 0. The molecule has 0 aliphatic rings. The molecule has 0 fully saturated rings. The molecule has 0 heterocycles. The van der Waals surface area contributed by atoms with Gasteiger partial charge in [0.1, 0.15) is 4.90 Å². The van der Waals surface area contributed by atoms with Gasteiger partial charge >= 0.3 is 0 Å². The van der Waals surface area contributed by atoms with Crippen molar-refractivity contribution in [2.24, 2.45) is 0 Å². The van der Waals surface area contributed by atoms with Crippen molar-refractivity contribution in [2.75, 3.05) is 0 Å². The highest BCUT2D eigenvalue weighted by Gasteiger charge is 2.16. The molecule has 0 aliphatic heterocycles. The predicted molar refractivity (Wildman–Crippen MR) is 62.4 cm³/mol. The maximum Gasteiger partial charge on any atom is 0.295 e. The van der Waals surface area contributed by atoms with E-state index >= 15 is 0 Å². The zero-order valence-corrected chi connectivity index (χ0v) is 10.4. The highest BCUT2D eigenvalue weighted by atomic mass is 32.2. The molecule has 95 valence electrons. The van der Waals surface area contributed by atoms with Crippen LogP contribution in [-0.2, 0) is 20.2 Å². The minimum absolute atomic E-state index is 0.0323. The van der Waals surface area contributed by atoms with Gasteiger partial charge in [0, 0.05) is 5.39 Å². The fourth-order valence-corrected chi connectivity index (χ4v) is 2.70. The summed E-state index contributed by atoms with van der Waals surface area (Å²) in [5.41, 5.74) is 0. The number of hydrogen-bond acceptors (Lipinski definition) is 4. The summed E-state index contributed by atoms with van der Waals surface area (Å²) < 4.78 is 62.1. The van der Waals surface area contributed by atoms with Crippen LogP contribution in [0.15, 0.2) is 40.1 Å². The summed E-state index contributed by atoms with van der Waals surface area (Å²) in [5.74, 6) is 0. The Labute approximate surface area is 103 Å². The Balaban J connectivity index is 2.91. The van der Waals surface area contributed by atoms with Crippen LogP contribution in [0.5, 0.6) is 0 Å². The van der Waals surface area contributed by atoms with Crippen LogP contribution in [0, 0.1) is 6.07 Å². The molecule has 2 N–H and O–H groups in total. The van der Waals surface area contributed by atoms with Crippen molar-refractivity contribution in [1.29, 1.82) is 0 Å². The minimum atomic E-state index is -4.49. The van der Waals surface area contributed by atoms with Crippen LogP contribution in [0.1, 0.15) is 0 Å². The molecular formula is C10H7O6S2. The topological polar surface area (TPSA) is 109 Å². The Morgan fingerprint density at radius 1 is 1.00 bits per heavy atom. The van der Waals surface area contributed by atoms with E-state index in [1.54, 1.807) is 0 Å². The molecule has 0 amide bonds. The lowest BCUT2D eigenvalue weighted by Gasteiger charge is -2.04. The van der Waals surface area contributed by atoms with Crippen LogP contribution in [0.3, 0.4) is 0 Å². The third-order valence-electron chi connectivity index (χ3n) is 2.30. The zero-order chi connectivity index (χ0) is 13.6. The van der Waals surface area contributed by atoms with Crippen molar-refractivity contribution in [3.63, 3.8) is 0 Å². The van der Waals surface area contributed by atoms with Gasteiger partial charge in [0.15, 0.2) is 0 Å². The maximum atomic E-state index is 11.1. The van der Waals surface area contributed by atoms with E-state index in [1.165, 1.54) is 12.1 Å². The monoisotopic (exact) mass is 287 g/mol. The van der Waals surface area contributed by atoms with Gasteiger partial charge < -0.3 is 0 Å². The van der Waals surface area contributed by atoms with E-state index in [-0.39, 0.29) is 5.39 Å². The number of benzene rings is 2. The second-order valence-electron chi connectivity index (χ2n) is 3.50. The van der Waals surface area contributed by atoms with Gasteiger partial charge in [-0.05, 0) is 29.7 Å². The molecule has 0 bridgehead atoms. The molecule has 0 spiro atoms. The van der Waals surface area contributed by atoms with Crippen LogP contribution in [0.25, 0.3) is 10.8 Å². The summed E-state index contributed by atoms with van der Waals surface area (Å²) >= 11 is 0. The van der Waals surface area contributed by atoms with E-state index in [1.807, 2.05) is 0 Å². The molecule has 0 saturated heterocycles. The first-order chi connectivity index (χ1) is 8.19. The molecule has 0 saturated carbocycles. The van der Waals surface area contributed by atoms with E-state index in [4.69, 9.17) is 9.11 Å². The quantitative estimate of drug-likeness (QED) is 0.801. The minimum Gasteiger partial charge on any atom is -0.282 e. The first kappa shape index (κ1) is 13.0. The molecule has 18 heavy (non-hydrogen) atoms. The highest BCUT2D eigenvalue weighted by molar-refractivity contribution is 7.86. The maximum absolute atomic E-state index is 11.1. The second kappa shape index (κ2) is 4.02. The van der Waals surface area contributed by atoms with Crippen LogP contribution >= 0.6 is 0 Å². The molecule has 0 unspecified atom stereocenters. The molecule has 2 rings (SSSR count). The molecule has 2 aromatic carbocycles. The van der Waals surface area contributed by atoms with Gasteiger partial charge in [-0.25, -0.2) is 0 Å². The lowest BCUT2D eigenvalue weighted by Crippen LogP contribution is -2.01. The van der Waals surface area contributed by atoms with Crippen molar-refractivity contribution in [3.05, 3.63) is 36.4 Å². The lowest BCUT2D eigenvalue weighted by atomic mass is 10.1. The third-order valence-corrected chi connectivity index (χ3v) is 4.04. The molecule has 6 nitrogen and oxygen atoms in total. The number of rotatable bonds is 2. The SMILES string of the molecule is O=S(=O)(O)c1c[c]c2cccc(S(=O)(=O)O)c2c1. The van der Waals surface area contributed by atoms with Gasteiger partial charge in [-0.1, -0.05) is 12.1 Å². The van der Waals surface area contributed by atoms with Crippen LogP contribution in [0.2, 0.25) is 0 Å². The molecule has 0 aromatic heterocycles. The lowest BCUT2D eigenvalue weighted by molar-refractivity contribution is 0.480. The average molecular weight is 287 g/mol. The molecule has 2 aromatic rings. The summed E-state index contributed by atoms with van der Waals surface area (Å²) in [6, 6.07) is 8.51. The Morgan fingerprint density at radius 3 is 2.22 bits per heavy atom. The van der Waals surface area contributed by atoms with Gasteiger partial charge in [-0.2, -0.15) is 16.8 Å². The predicted octanol–water partition coefficient (Wildman–Crippen LogP) is 1.13. The van der Waals surface area contributed by atoms with Crippen LogP contribution in [-0.4, -0.2) is 25.9 Å². The third kappa shape index (κ3) is 2.36. The van der Waals surface area contributed by atoms with Crippen LogP contribution in [0.4, 0.5) is 0 Å². The molecule has 0 atom stereocenters. The largest absolute Gasteiger partial charge is 0.295 e. The van der Waals surface area contributed by atoms with E-state index in [2.05, 4.69) is 6.07 Å². The fourth-order valence-electron chi connectivity index (χ4n) is 1.53. The average Bonchev–Trinajstić information content (AvgIpc) is 2.25. The van der Waals surface area contributed by atoms with E-state index in [0.717, 1.165) is 18.2 Å². The van der Waals surface area contributed by atoms with Crippen molar-refractivity contribution in [2.45, 2.75) is 9.79 Å². The Kier molecular flexibility index (Phi) is 2.90. The molecular weight excluding hydrogens is 280 g/mol. The Bertz CT molecular complexity index is 821. The summed E-state index contributed by atoms with van der Waals surface area (Å²) in [4.78, 5) is -0.937. The van der Waals surface area contributed by atoms with Crippen molar-refractivity contribution in [3.8, 4) is 0 Å². The molecule has 0 aliphatic carbocycles. The van der Waals surface area contributed by atoms with Crippen molar-refractivity contribution < 1.29 is 25.9 Å². The van der Waals surface area contributed by atoms with Gasteiger partial charge in [0.2, 0.25) is 0 Å². The first-order valence-corrected chi connectivity index (χ1v) is 7.47. The van der Waals surface area contributed by atoms with E-state index < -0.39 is 30.0 Å². The fraction of sp³-hybridized carbons (Fsp3) is 0. The van der Waals surface area contributed by atoms with Gasteiger partial charge in [0.05, 0.1) is 4.90 Å². The van der Waals surface area contributed by atoms with E-state index in [0.29, 0.717) is 5.39 Å². The van der Waals surface area contributed by atoms with Crippen LogP contribution < -0.4 is 0 Å². The number of fused-ring (bicyclic) bond motifs is 1. The van der Waals surface area contributed by atoms with Gasteiger partial charge in [-0.15, -0.1) is 0 Å². The summed E-state index contributed by atoms with van der Waals surface area (Å²) in [5, 5.41) is 0.271. The standard InChI is InChI=1S/C10H7O6S2/c11-17(12,13)8-5-4-7-2-1-3-10(9(7)6-8)18(14,15)16/h1-3,5-6H,(H,11,12,13)(H,14,15,16). The molecule has 8 heteroatoms. The molecule has 1 radical (unpaired) electrons. The highest BCUT2D eigenvalue weighted by Crippen LogP contribution is 2.25. The smallest absolute Gasteiger partial charge is 0.282 e. The van der Waals surface area contributed by atoms with E-state index in [9.17, 15) is 16.8 Å². The number of hydrogen-bond donors (Lipinski definition) is 2. The van der Waals surface area contributed by atoms with Gasteiger partial charge in [-0.3, -0.25) is 9.11 Å². The normalized spacial score (nSPS) is 12.8. The summed E-state index contributed by atoms with van der Waals surface area (Å²) in [6.07, 6.45) is 0. The Morgan fingerprint density at radius 2 is 1.67 bits per heavy atom.